The van der Waals surface area contributed by atoms with Crippen LogP contribution in [0.3, 0.4) is 0 Å². The molecule has 0 radical (unpaired) electrons. The monoisotopic (exact) mass is 214 g/mol. The first kappa shape index (κ1) is 11.1. The van der Waals surface area contributed by atoms with Gasteiger partial charge in [0.05, 0.1) is 12.7 Å². The summed E-state index contributed by atoms with van der Waals surface area (Å²) in [6, 6.07) is 1.35. The zero-order valence-corrected chi connectivity index (χ0v) is 7.61. The third kappa shape index (κ3) is 2.50. The van der Waals surface area contributed by atoms with Crippen LogP contribution >= 0.6 is 0 Å². The van der Waals surface area contributed by atoms with Gasteiger partial charge in [-0.2, -0.15) is 0 Å². The van der Waals surface area contributed by atoms with Crippen molar-refractivity contribution in [3.8, 4) is 11.8 Å². The lowest BCUT2D eigenvalue weighted by molar-refractivity contribution is -0.133. The van der Waals surface area contributed by atoms with E-state index in [1.165, 1.54) is 0 Å². The Morgan fingerprint density at radius 2 is 1.87 bits per heavy atom. The van der Waals surface area contributed by atoms with Gasteiger partial charge in [-0.3, -0.25) is 0 Å². The molecule has 0 spiro atoms. The number of carbonyl (C=O) groups is 1. The number of methoxy groups -OCH3 is 1. The van der Waals surface area contributed by atoms with Gasteiger partial charge in [0.15, 0.2) is 11.6 Å². The fourth-order valence-electron chi connectivity index (χ4n) is 0.806. The molecular weight excluding hydrogens is 209 g/mol. The molecule has 0 aliphatic rings. The lowest BCUT2D eigenvalue weighted by Crippen LogP contribution is -1.97. The van der Waals surface area contributed by atoms with E-state index in [4.69, 9.17) is 0 Å². The van der Waals surface area contributed by atoms with Crippen LogP contribution in [0.4, 0.5) is 13.2 Å². The van der Waals surface area contributed by atoms with Gasteiger partial charge in [-0.1, -0.05) is 0 Å². The van der Waals surface area contributed by atoms with E-state index in [1.54, 1.807) is 5.92 Å². The fourth-order valence-corrected chi connectivity index (χ4v) is 0.806. The van der Waals surface area contributed by atoms with E-state index in [0.29, 0.717) is 6.07 Å². The molecule has 0 aromatic heterocycles. The van der Waals surface area contributed by atoms with Crippen LogP contribution in [-0.2, 0) is 9.53 Å². The molecule has 0 bridgehead atoms. The van der Waals surface area contributed by atoms with Crippen molar-refractivity contribution in [3.05, 3.63) is 35.1 Å². The number of esters is 1. The summed E-state index contributed by atoms with van der Waals surface area (Å²) in [7, 11) is 1.06. The second kappa shape index (κ2) is 4.51. The highest BCUT2D eigenvalue weighted by Crippen LogP contribution is 2.14. The molecule has 0 heterocycles. The van der Waals surface area contributed by atoms with Crippen LogP contribution in [0.2, 0.25) is 0 Å². The summed E-state index contributed by atoms with van der Waals surface area (Å²) in [5, 5.41) is 0. The van der Waals surface area contributed by atoms with E-state index in [-0.39, 0.29) is 0 Å². The van der Waals surface area contributed by atoms with E-state index in [9.17, 15) is 18.0 Å². The van der Waals surface area contributed by atoms with Gasteiger partial charge in [0.25, 0.3) is 0 Å². The first-order valence-electron chi connectivity index (χ1n) is 3.79. The predicted molar refractivity (Wildman–Crippen MR) is 45.2 cm³/mol. The summed E-state index contributed by atoms with van der Waals surface area (Å²) in [4.78, 5) is 10.6. The molecule has 2 nitrogen and oxygen atoms in total. The van der Waals surface area contributed by atoms with Crippen molar-refractivity contribution >= 4 is 5.97 Å². The molecular formula is C10H5F3O2. The van der Waals surface area contributed by atoms with Gasteiger partial charge in [-0.15, -0.1) is 0 Å². The quantitative estimate of drug-likeness (QED) is 0.372. The van der Waals surface area contributed by atoms with Crippen molar-refractivity contribution < 1.29 is 22.7 Å². The minimum Gasteiger partial charge on any atom is -0.459 e. The van der Waals surface area contributed by atoms with E-state index in [2.05, 4.69) is 4.74 Å². The summed E-state index contributed by atoms with van der Waals surface area (Å²) in [6.07, 6.45) is 0. The van der Waals surface area contributed by atoms with Gasteiger partial charge < -0.3 is 4.74 Å². The SMILES string of the molecule is COC(=O)C#Cc1c(F)ccc(F)c1F. The number of ether oxygens (including phenoxy) is 1. The van der Waals surface area contributed by atoms with Crippen molar-refractivity contribution in [2.75, 3.05) is 7.11 Å². The zero-order valence-electron chi connectivity index (χ0n) is 7.61. The van der Waals surface area contributed by atoms with Crippen LogP contribution < -0.4 is 0 Å². The molecule has 0 fully saturated rings. The Morgan fingerprint density at radius 1 is 1.27 bits per heavy atom. The summed E-state index contributed by atoms with van der Waals surface area (Å²) in [5.74, 6) is -0.995. The van der Waals surface area contributed by atoms with Crippen molar-refractivity contribution in [2.45, 2.75) is 0 Å². The summed E-state index contributed by atoms with van der Waals surface area (Å²) >= 11 is 0. The predicted octanol–water partition coefficient (Wildman–Crippen LogP) is 1.63. The molecule has 0 aliphatic heterocycles. The van der Waals surface area contributed by atoms with Crippen LogP contribution in [-0.4, -0.2) is 13.1 Å². The normalized spacial score (nSPS) is 9.07. The molecule has 0 saturated heterocycles. The first-order valence-corrected chi connectivity index (χ1v) is 3.79. The lowest BCUT2D eigenvalue weighted by atomic mass is 10.2. The molecule has 1 aromatic carbocycles. The number of halogens is 3. The third-order valence-corrected chi connectivity index (χ3v) is 1.52. The van der Waals surface area contributed by atoms with Crippen molar-refractivity contribution in [1.82, 2.24) is 0 Å². The number of hydrogen-bond acceptors (Lipinski definition) is 2. The maximum atomic E-state index is 12.9. The molecule has 15 heavy (non-hydrogen) atoms. The molecule has 5 heteroatoms. The van der Waals surface area contributed by atoms with Crippen molar-refractivity contribution in [3.63, 3.8) is 0 Å². The molecule has 0 aliphatic carbocycles. The third-order valence-electron chi connectivity index (χ3n) is 1.52. The molecule has 0 saturated carbocycles. The van der Waals surface area contributed by atoms with Gasteiger partial charge >= 0.3 is 5.97 Å². The van der Waals surface area contributed by atoms with Crippen LogP contribution in [0.1, 0.15) is 5.56 Å². The van der Waals surface area contributed by atoms with Crippen LogP contribution in [0.25, 0.3) is 0 Å². The topological polar surface area (TPSA) is 26.3 Å². The van der Waals surface area contributed by atoms with Gasteiger partial charge in [0, 0.05) is 5.92 Å². The smallest absolute Gasteiger partial charge is 0.384 e. The number of benzene rings is 1. The van der Waals surface area contributed by atoms with Crippen molar-refractivity contribution in [1.29, 1.82) is 0 Å². The molecule has 0 amide bonds. The Hall–Kier alpha value is -1.96. The average molecular weight is 214 g/mol. The summed E-state index contributed by atoms with van der Waals surface area (Å²) in [6.45, 7) is 0. The van der Waals surface area contributed by atoms with Gasteiger partial charge in [-0.05, 0) is 18.1 Å². The standard InChI is InChI=1S/C10H5F3O2/c1-15-9(14)5-2-6-7(11)3-4-8(12)10(6)13/h3-4H,1H3. The molecule has 78 valence electrons. The van der Waals surface area contributed by atoms with Crippen LogP contribution in [0.5, 0.6) is 0 Å². The zero-order chi connectivity index (χ0) is 11.4. The Balaban J connectivity index is 3.18. The van der Waals surface area contributed by atoms with E-state index >= 15 is 0 Å². The molecule has 1 aromatic rings. The van der Waals surface area contributed by atoms with Gasteiger partial charge in [-0.25, -0.2) is 18.0 Å². The van der Waals surface area contributed by atoms with E-state index < -0.39 is 29.0 Å². The molecule has 0 atom stereocenters. The Morgan fingerprint density at radius 3 is 2.47 bits per heavy atom. The largest absolute Gasteiger partial charge is 0.459 e. The minimum atomic E-state index is -1.42. The van der Waals surface area contributed by atoms with Gasteiger partial charge in [0.2, 0.25) is 0 Å². The highest BCUT2D eigenvalue weighted by Gasteiger charge is 2.11. The molecule has 0 N–H and O–H groups in total. The highest BCUT2D eigenvalue weighted by atomic mass is 19.2. The Kier molecular flexibility index (Phi) is 3.34. The van der Waals surface area contributed by atoms with Crippen LogP contribution in [0, 0.1) is 29.3 Å². The van der Waals surface area contributed by atoms with E-state index in [0.717, 1.165) is 13.2 Å². The van der Waals surface area contributed by atoms with Crippen molar-refractivity contribution in [2.24, 2.45) is 0 Å². The molecule has 1 rings (SSSR count). The summed E-state index contributed by atoms with van der Waals surface area (Å²) in [5.41, 5.74) is -0.791. The average Bonchev–Trinajstić information content (AvgIpc) is 2.23. The Labute approximate surface area is 83.7 Å². The van der Waals surface area contributed by atoms with Gasteiger partial charge in [0.1, 0.15) is 5.82 Å². The Bertz CT molecular complexity index is 458. The maximum Gasteiger partial charge on any atom is 0.384 e. The second-order valence-electron chi connectivity index (χ2n) is 2.46. The first-order chi connectivity index (χ1) is 7.06. The van der Waals surface area contributed by atoms with Crippen LogP contribution in [0.15, 0.2) is 12.1 Å². The van der Waals surface area contributed by atoms with E-state index in [1.807, 2.05) is 5.92 Å². The fraction of sp³-hybridized carbons (Fsp3) is 0.100. The molecule has 0 unspecified atom stereocenters. The lowest BCUT2D eigenvalue weighted by Gasteiger charge is -1.97. The number of rotatable bonds is 0. The maximum absolute atomic E-state index is 12.9. The number of carbonyl (C=O) groups excluding carboxylic acids is 1. The number of hydrogen-bond donors (Lipinski definition) is 0. The highest BCUT2D eigenvalue weighted by molar-refractivity contribution is 5.89. The summed E-state index contributed by atoms with van der Waals surface area (Å²) < 4.78 is 42.6. The second-order valence-corrected chi connectivity index (χ2v) is 2.46. The minimum absolute atomic E-state index is 0.633.